The molecule has 94 valence electrons. The van der Waals surface area contributed by atoms with Crippen molar-refractivity contribution in [3.05, 3.63) is 21.9 Å². The number of nitrogens with zero attached hydrogens (tertiary/aromatic N) is 2. The maximum absolute atomic E-state index is 2.71. The summed E-state index contributed by atoms with van der Waals surface area (Å²) in [6.45, 7) is 8.64. The van der Waals surface area contributed by atoms with Crippen LogP contribution in [0.1, 0.15) is 30.4 Å². The summed E-state index contributed by atoms with van der Waals surface area (Å²) in [6.07, 6.45) is 4.18. The predicted octanol–water partition coefficient (Wildman–Crippen LogP) is 2.73. The minimum atomic E-state index is 0.844. The lowest BCUT2D eigenvalue weighted by atomic mass is 10.1. The van der Waals surface area contributed by atoms with Crippen molar-refractivity contribution in [2.24, 2.45) is 0 Å². The second-order valence-corrected chi connectivity index (χ2v) is 6.24. The zero-order chi connectivity index (χ0) is 11.7. The van der Waals surface area contributed by atoms with Gasteiger partial charge < -0.3 is 0 Å². The van der Waals surface area contributed by atoms with Crippen LogP contribution in [0, 0.1) is 6.92 Å². The summed E-state index contributed by atoms with van der Waals surface area (Å²) in [5, 5.41) is 4.60. The zero-order valence-corrected chi connectivity index (χ0v) is 11.5. The van der Waals surface area contributed by atoms with Gasteiger partial charge in [0.2, 0.25) is 0 Å². The van der Waals surface area contributed by atoms with Gasteiger partial charge in [-0.15, -0.1) is 0 Å². The predicted molar refractivity (Wildman–Crippen MR) is 73.5 cm³/mol. The second kappa shape index (κ2) is 5.09. The highest BCUT2D eigenvalue weighted by atomic mass is 32.1. The van der Waals surface area contributed by atoms with Gasteiger partial charge in [-0.2, -0.15) is 11.3 Å². The Morgan fingerprint density at radius 3 is 2.94 bits per heavy atom. The van der Waals surface area contributed by atoms with Gasteiger partial charge in [-0.3, -0.25) is 9.80 Å². The van der Waals surface area contributed by atoms with E-state index < -0.39 is 0 Å². The highest BCUT2D eigenvalue weighted by Gasteiger charge is 2.28. The van der Waals surface area contributed by atoms with Gasteiger partial charge in [0, 0.05) is 19.1 Å². The fraction of sp³-hybridized carbons (Fsp3) is 0.714. The lowest BCUT2D eigenvalue weighted by Crippen LogP contribution is -2.36. The third-order valence-corrected chi connectivity index (χ3v) is 5.15. The first-order valence-corrected chi connectivity index (χ1v) is 7.75. The average Bonchev–Trinajstić information content (AvgIpc) is 2.86. The SMILES string of the molecule is Cc1cscc1CN1CCCN2CCCC2C1. The Kier molecular flexibility index (Phi) is 3.50. The number of thiophene rings is 1. The Morgan fingerprint density at radius 2 is 2.12 bits per heavy atom. The number of hydrogen-bond donors (Lipinski definition) is 0. The smallest absolute Gasteiger partial charge is 0.0245 e. The normalized spacial score (nSPS) is 27.0. The molecule has 0 spiro atoms. The Hall–Kier alpha value is -0.380. The molecule has 0 amide bonds. The topological polar surface area (TPSA) is 6.48 Å². The average molecular weight is 250 g/mol. The van der Waals surface area contributed by atoms with E-state index in [0.717, 1.165) is 6.04 Å². The molecule has 2 aliphatic rings. The van der Waals surface area contributed by atoms with Crippen molar-refractivity contribution in [3.8, 4) is 0 Å². The molecule has 1 aromatic rings. The molecule has 1 unspecified atom stereocenters. The van der Waals surface area contributed by atoms with Gasteiger partial charge in [0.25, 0.3) is 0 Å². The Morgan fingerprint density at radius 1 is 1.24 bits per heavy atom. The van der Waals surface area contributed by atoms with Crippen LogP contribution in [0.5, 0.6) is 0 Å². The van der Waals surface area contributed by atoms with Crippen molar-refractivity contribution in [1.29, 1.82) is 0 Å². The number of fused-ring (bicyclic) bond motifs is 1. The van der Waals surface area contributed by atoms with E-state index in [1.807, 2.05) is 11.3 Å². The van der Waals surface area contributed by atoms with Gasteiger partial charge in [-0.05, 0) is 67.7 Å². The fourth-order valence-corrected chi connectivity index (χ4v) is 4.06. The van der Waals surface area contributed by atoms with Gasteiger partial charge in [-0.25, -0.2) is 0 Å². The molecule has 2 nitrogen and oxygen atoms in total. The molecule has 0 aliphatic carbocycles. The standard InChI is InChI=1S/C14H22N2S/c1-12-10-17-11-13(12)8-15-5-3-7-16-6-2-4-14(16)9-15/h10-11,14H,2-9H2,1H3. The minimum absolute atomic E-state index is 0.844. The van der Waals surface area contributed by atoms with Crippen LogP contribution in [0.15, 0.2) is 10.8 Å². The summed E-state index contributed by atoms with van der Waals surface area (Å²) in [5.41, 5.74) is 3.02. The minimum Gasteiger partial charge on any atom is -0.299 e. The largest absolute Gasteiger partial charge is 0.299 e. The lowest BCUT2D eigenvalue weighted by molar-refractivity contribution is 0.215. The van der Waals surface area contributed by atoms with Gasteiger partial charge in [0.1, 0.15) is 0 Å². The van der Waals surface area contributed by atoms with Crippen LogP contribution >= 0.6 is 11.3 Å². The van der Waals surface area contributed by atoms with Crippen LogP contribution in [0.2, 0.25) is 0 Å². The molecule has 0 saturated carbocycles. The highest BCUT2D eigenvalue weighted by Crippen LogP contribution is 2.23. The van der Waals surface area contributed by atoms with E-state index >= 15 is 0 Å². The quantitative estimate of drug-likeness (QED) is 0.796. The molecular weight excluding hydrogens is 228 g/mol. The molecule has 3 heterocycles. The van der Waals surface area contributed by atoms with E-state index in [1.165, 1.54) is 57.5 Å². The van der Waals surface area contributed by atoms with Crippen molar-refractivity contribution in [2.45, 2.75) is 38.8 Å². The Labute approximate surface area is 108 Å². The fourth-order valence-electron chi connectivity index (χ4n) is 3.22. The molecule has 2 fully saturated rings. The molecule has 17 heavy (non-hydrogen) atoms. The summed E-state index contributed by atoms with van der Waals surface area (Å²) in [6, 6.07) is 0.844. The summed E-state index contributed by atoms with van der Waals surface area (Å²) < 4.78 is 0. The van der Waals surface area contributed by atoms with Crippen molar-refractivity contribution in [2.75, 3.05) is 26.2 Å². The van der Waals surface area contributed by atoms with Crippen molar-refractivity contribution in [3.63, 3.8) is 0 Å². The van der Waals surface area contributed by atoms with Crippen molar-refractivity contribution >= 4 is 11.3 Å². The number of rotatable bonds is 2. The third-order valence-electron chi connectivity index (χ3n) is 4.24. The van der Waals surface area contributed by atoms with Crippen molar-refractivity contribution < 1.29 is 0 Å². The van der Waals surface area contributed by atoms with Crippen molar-refractivity contribution in [1.82, 2.24) is 9.80 Å². The first-order valence-electron chi connectivity index (χ1n) is 6.81. The summed E-state index contributed by atoms with van der Waals surface area (Å²) in [4.78, 5) is 5.38. The van der Waals surface area contributed by atoms with E-state index in [0.29, 0.717) is 0 Å². The molecule has 1 atom stereocenters. The molecule has 0 N–H and O–H groups in total. The molecular formula is C14H22N2S. The zero-order valence-electron chi connectivity index (χ0n) is 10.7. The Bertz CT molecular complexity index is 374. The monoisotopic (exact) mass is 250 g/mol. The maximum Gasteiger partial charge on any atom is 0.0245 e. The van der Waals surface area contributed by atoms with Gasteiger partial charge in [0.15, 0.2) is 0 Å². The van der Waals surface area contributed by atoms with Gasteiger partial charge in [0.05, 0.1) is 0 Å². The number of hydrogen-bond acceptors (Lipinski definition) is 3. The molecule has 0 bridgehead atoms. The maximum atomic E-state index is 2.71. The van der Waals surface area contributed by atoms with Crippen LogP contribution in [0.4, 0.5) is 0 Å². The third kappa shape index (κ3) is 2.56. The molecule has 3 heteroatoms. The molecule has 2 aliphatic heterocycles. The van der Waals surface area contributed by atoms with Crippen LogP contribution in [-0.4, -0.2) is 42.0 Å². The van der Waals surface area contributed by atoms with Crippen LogP contribution in [0.25, 0.3) is 0 Å². The van der Waals surface area contributed by atoms with E-state index in [4.69, 9.17) is 0 Å². The summed E-state index contributed by atoms with van der Waals surface area (Å²) in [5.74, 6) is 0. The second-order valence-electron chi connectivity index (χ2n) is 5.50. The van der Waals surface area contributed by atoms with E-state index in [9.17, 15) is 0 Å². The molecule has 0 radical (unpaired) electrons. The first-order chi connectivity index (χ1) is 8.33. The van der Waals surface area contributed by atoms with Crippen LogP contribution in [0.3, 0.4) is 0 Å². The van der Waals surface area contributed by atoms with E-state index in [2.05, 4.69) is 27.5 Å². The number of aryl methyl sites for hydroxylation is 1. The molecule has 3 rings (SSSR count). The molecule has 2 saturated heterocycles. The Balaban J connectivity index is 1.65. The summed E-state index contributed by atoms with van der Waals surface area (Å²) >= 11 is 1.84. The van der Waals surface area contributed by atoms with E-state index in [-0.39, 0.29) is 0 Å². The van der Waals surface area contributed by atoms with Gasteiger partial charge in [-0.1, -0.05) is 0 Å². The van der Waals surface area contributed by atoms with Crippen LogP contribution < -0.4 is 0 Å². The first kappa shape index (κ1) is 11.7. The van der Waals surface area contributed by atoms with E-state index in [1.54, 1.807) is 5.56 Å². The lowest BCUT2D eigenvalue weighted by Gasteiger charge is -2.25. The molecule has 1 aromatic heterocycles. The van der Waals surface area contributed by atoms with Gasteiger partial charge >= 0.3 is 0 Å². The highest BCUT2D eigenvalue weighted by molar-refractivity contribution is 7.08. The molecule has 0 aromatic carbocycles. The van der Waals surface area contributed by atoms with Crippen LogP contribution in [-0.2, 0) is 6.54 Å². The summed E-state index contributed by atoms with van der Waals surface area (Å²) in [7, 11) is 0.